The van der Waals surface area contributed by atoms with Crippen molar-refractivity contribution >= 4 is 29.1 Å². The summed E-state index contributed by atoms with van der Waals surface area (Å²) >= 11 is 0. The fourth-order valence-corrected chi connectivity index (χ4v) is 2.44. The minimum absolute atomic E-state index is 0.258. The van der Waals surface area contributed by atoms with Crippen LogP contribution in [0.1, 0.15) is 20.7 Å². The van der Waals surface area contributed by atoms with Crippen LogP contribution in [0.2, 0.25) is 0 Å². The fourth-order valence-electron chi connectivity index (χ4n) is 2.44. The Labute approximate surface area is 162 Å². The SMILES string of the molecule is COC(=O)c1ccc(Nc2ccc(C(=O)Nc3ccc(OC)cc3)cn2)cc1. The molecule has 142 valence electrons. The van der Waals surface area contributed by atoms with Crippen LogP contribution in [-0.2, 0) is 4.74 Å². The number of aromatic nitrogens is 1. The van der Waals surface area contributed by atoms with Gasteiger partial charge < -0.3 is 20.1 Å². The van der Waals surface area contributed by atoms with Crippen molar-refractivity contribution in [2.45, 2.75) is 0 Å². The molecule has 0 aliphatic rings. The molecule has 3 aromatic rings. The minimum atomic E-state index is -0.392. The molecule has 1 amide bonds. The summed E-state index contributed by atoms with van der Waals surface area (Å²) in [6, 6.07) is 17.3. The molecule has 0 saturated heterocycles. The highest BCUT2D eigenvalue weighted by molar-refractivity contribution is 6.04. The zero-order chi connectivity index (χ0) is 19.9. The van der Waals surface area contributed by atoms with E-state index in [0.717, 1.165) is 11.4 Å². The number of benzene rings is 2. The van der Waals surface area contributed by atoms with Gasteiger partial charge in [0.1, 0.15) is 11.6 Å². The van der Waals surface area contributed by atoms with Gasteiger partial charge in [0.15, 0.2) is 0 Å². The summed E-state index contributed by atoms with van der Waals surface area (Å²) < 4.78 is 9.76. The zero-order valence-corrected chi connectivity index (χ0v) is 15.4. The molecule has 7 nitrogen and oxygen atoms in total. The van der Waals surface area contributed by atoms with Crippen LogP contribution in [0.3, 0.4) is 0 Å². The molecule has 0 saturated carbocycles. The van der Waals surface area contributed by atoms with E-state index in [2.05, 4.69) is 20.4 Å². The van der Waals surface area contributed by atoms with Gasteiger partial charge in [-0.05, 0) is 60.7 Å². The van der Waals surface area contributed by atoms with E-state index in [1.54, 1.807) is 67.8 Å². The number of carbonyl (C=O) groups is 2. The van der Waals surface area contributed by atoms with Crippen molar-refractivity contribution in [3.05, 3.63) is 78.0 Å². The Balaban J connectivity index is 1.62. The number of hydrogen-bond acceptors (Lipinski definition) is 6. The van der Waals surface area contributed by atoms with Crippen molar-refractivity contribution in [1.29, 1.82) is 0 Å². The third kappa shape index (κ3) is 4.64. The number of pyridine rings is 1. The predicted octanol–water partition coefficient (Wildman–Crippen LogP) is 3.87. The Hall–Kier alpha value is -3.87. The minimum Gasteiger partial charge on any atom is -0.497 e. The van der Waals surface area contributed by atoms with E-state index in [4.69, 9.17) is 4.74 Å². The Morgan fingerprint density at radius 3 is 2.04 bits per heavy atom. The summed E-state index contributed by atoms with van der Waals surface area (Å²) in [6.45, 7) is 0. The van der Waals surface area contributed by atoms with Crippen LogP contribution in [0.4, 0.5) is 17.2 Å². The van der Waals surface area contributed by atoms with Crippen molar-refractivity contribution < 1.29 is 19.1 Å². The number of methoxy groups -OCH3 is 2. The van der Waals surface area contributed by atoms with Gasteiger partial charge in [-0.3, -0.25) is 4.79 Å². The second kappa shape index (κ2) is 8.68. The highest BCUT2D eigenvalue weighted by Gasteiger charge is 2.08. The molecule has 0 fully saturated rings. The maximum absolute atomic E-state index is 12.3. The van der Waals surface area contributed by atoms with E-state index in [1.807, 2.05) is 0 Å². The Bertz CT molecular complexity index is 952. The first-order valence-corrected chi connectivity index (χ1v) is 8.46. The fraction of sp³-hybridized carbons (Fsp3) is 0.0952. The van der Waals surface area contributed by atoms with Crippen LogP contribution < -0.4 is 15.4 Å². The molecule has 28 heavy (non-hydrogen) atoms. The molecule has 0 spiro atoms. The van der Waals surface area contributed by atoms with E-state index in [-0.39, 0.29) is 5.91 Å². The molecule has 0 unspecified atom stereocenters. The summed E-state index contributed by atoms with van der Waals surface area (Å²) in [5, 5.41) is 5.91. The van der Waals surface area contributed by atoms with E-state index in [9.17, 15) is 9.59 Å². The molecule has 0 bridgehead atoms. The quantitative estimate of drug-likeness (QED) is 0.634. The van der Waals surface area contributed by atoms with Crippen molar-refractivity contribution in [3.63, 3.8) is 0 Å². The molecule has 2 N–H and O–H groups in total. The van der Waals surface area contributed by atoms with Gasteiger partial charge in [0.05, 0.1) is 25.3 Å². The molecule has 3 rings (SSSR count). The summed E-state index contributed by atoms with van der Waals surface area (Å²) in [4.78, 5) is 28.0. The highest BCUT2D eigenvalue weighted by Crippen LogP contribution is 2.18. The monoisotopic (exact) mass is 377 g/mol. The third-order valence-corrected chi connectivity index (χ3v) is 3.95. The average molecular weight is 377 g/mol. The Morgan fingerprint density at radius 1 is 0.821 bits per heavy atom. The van der Waals surface area contributed by atoms with E-state index in [1.165, 1.54) is 13.3 Å². The van der Waals surface area contributed by atoms with Crippen molar-refractivity contribution in [2.24, 2.45) is 0 Å². The maximum Gasteiger partial charge on any atom is 0.337 e. The van der Waals surface area contributed by atoms with Crippen molar-refractivity contribution in [1.82, 2.24) is 4.98 Å². The number of hydrogen-bond donors (Lipinski definition) is 2. The number of esters is 1. The first-order valence-electron chi connectivity index (χ1n) is 8.46. The summed E-state index contributed by atoms with van der Waals surface area (Å²) in [7, 11) is 2.92. The van der Waals surface area contributed by atoms with Gasteiger partial charge in [-0.1, -0.05) is 0 Å². The summed E-state index contributed by atoms with van der Waals surface area (Å²) in [5.41, 5.74) is 2.32. The Kier molecular flexibility index (Phi) is 5.86. The second-order valence-corrected chi connectivity index (χ2v) is 5.81. The van der Waals surface area contributed by atoms with E-state index in [0.29, 0.717) is 22.6 Å². The first kappa shape index (κ1) is 18.9. The second-order valence-electron chi connectivity index (χ2n) is 5.81. The lowest BCUT2D eigenvalue weighted by Crippen LogP contribution is -2.12. The van der Waals surface area contributed by atoms with Crippen LogP contribution in [0, 0.1) is 0 Å². The zero-order valence-electron chi connectivity index (χ0n) is 15.4. The number of rotatable bonds is 6. The van der Waals surface area contributed by atoms with Gasteiger partial charge in [-0.25, -0.2) is 9.78 Å². The number of anilines is 3. The van der Waals surface area contributed by atoms with Gasteiger partial charge in [0, 0.05) is 17.6 Å². The normalized spacial score (nSPS) is 10.1. The summed E-state index contributed by atoms with van der Waals surface area (Å²) in [5.74, 6) is 0.644. The van der Waals surface area contributed by atoms with Crippen LogP contribution in [0.15, 0.2) is 66.9 Å². The number of nitrogens with zero attached hydrogens (tertiary/aromatic N) is 1. The number of nitrogens with one attached hydrogen (secondary N) is 2. The van der Waals surface area contributed by atoms with Crippen LogP contribution in [-0.4, -0.2) is 31.1 Å². The lowest BCUT2D eigenvalue weighted by atomic mass is 10.2. The van der Waals surface area contributed by atoms with Crippen LogP contribution in [0.5, 0.6) is 5.75 Å². The van der Waals surface area contributed by atoms with Crippen molar-refractivity contribution in [3.8, 4) is 5.75 Å². The van der Waals surface area contributed by atoms with Gasteiger partial charge >= 0.3 is 5.97 Å². The largest absolute Gasteiger partial charge is 0.497 e. The number of amides is 1. The molecule has 7 heteroatoms. The van der Waals surface area contributed by atoms with Gasteiger partial charge in [-0.2, -0.15) is 0 Å². The van der Waals surface area contributed by atoms with E-state index < -0.39 is 5.97 Å². The van der Waals surface area contributed by atoms with E-state index >= 15 is 0 Å². The van der Waals surface area contributed by atoms with Crippen molar-refractivity contribution in [2.75, 3.05) is 24.9 Å². The smallest absolute Gasteiger partial charge is 0.337 e. The molecule has 0 atom stereocenters. The number of carbonyl (C=O) groups excluding carboxylic acids is 2. The maximum atomic E-state index is 12.3. The van der Waals surface area contributed by atoms with Crippen LogP contribution in [0.25, 0.3) is 0 Å². The average Bonchev–Trinajstić information content (AvgIpc) is 2.74. The summed E-state index contributed by atoms with van der Waals surface area (Å²) in [6.07, 6.45) is 1.49. The lowest BCUT2D eigenvalue weighted by molar-refractivity contribution is 0.0600. The van der Waals surface area contributed by atoms with Gasteiger partial charge in [0.2, 0.25) is 0 Å². The highest BCUT2D eigenvalue weighted by atomic mass is 16.5. The molecular formula is C21H19N3O4. The van der Waals surface area contributed by atoms with Crippen LogP contribution >= 0.6 is 0 Å². The topological polar surface area (TPSA) is 89.5 Å². The van der Waals surface area contributed by atoms with Gasteiger partial charge in [0.25, 0.3) is 5.91 Å². The molecule has 2 aromatic carbocycles. The first-order chi connectivity index (χ1) is 13.6. The molecule has 1 heterocycles. The van der Waals surface area contributed by atoms with Gasteiger partial charge in [-0.15, -0.1) is 0 Å². The number of ether oxygens (including phenoxy) is 2. The molecule has 1 aromatic heterocycles. The third-order valence-electron chi connectivity index (χ3n) is 3.95. The molecule has 0 aliphatic carbocycles. The molecule has 0 radical (unpaired) electrons. The molecule has 0 aliphatic heterocycles. The Morgan fingerprint density at radius 2 is 1.46 bits per heavy atom. The standard InChI is InChI=1S/C21H19N3O4/c1-27-18-10-8-17(9-11-18)24-20(25)15-5-12-19(22-13-15)23-16-6-3-14(4-7-16)21(26)28-2/h3-13H,1-2H3,(H,22,23)(H,24,25). The lowest BCUT2D eigenvalue weighted by Gasteiger charge is -2.08. The predicted molar refractivity (Wildman–Crippen MR) is 106 cm³/mol. The molecular weight excluding hydrogens is 358 g/mol.